The van der Waals surface area contributed by atoms with E-state index in [0.717, 1.165) is 4.68 Å². The summed E-state index contributed by atoms with van der Waals surface area (Å²) in [5, 5.41) is 15.4. The Morgan fingerprint density at radius 2 is 2.12 bits per heavy atom. The molecule has 1 aromatic heterocycles. The highest BCUT2D eigenvalue weighted by molar-refractivity contribution is 5.86. The van der Waals surface area contributed by atoms with Gasteiger partial charge in [-0.1, -0.05) is 12.1 Å². The monoisotopic (exact) mass is 237 g/mol. The minimum Gasteiger partial charge on any atom is -0.476 e. The van der Waals surface area contributed by atoms with Gasteiger partial charge in [0.1, 0.15) is 0 Å². The Bertz CT molecular complexity index is 386. The molecule has 0 atom stereocenters. The molecule has 0 saturated heterocycles. The van der Waals surface area contributed by atoms with E-state index < -0.39 is 25.1 Å². The summed E-state index contributed by atoms with van der Waals surface area (Å²) in [5.41, 5.74) is -0.0820. The molecule has 0 aliphatic rings. The molecule has 0 spiro atoms. The number of carboxylic acids is 1. The molecule has 0 bridgehead atoms. The molecular formula is C8H10F3N3O2. The van der Waals surface area contributed by atoms with Crippen LogP contribution in [-0.2, 0) is 13.0 Å². The number of rotatable bonds is 4. The molecule has 1 rings (SSSR count). The smallest absolute Gasteiger partial charge is 0.390 e. The van der Waals surface area contributed by atoms with Crippen molar-refractivity contribution in [1.82, 2.24) is 15.0 Å². The van der Waals surface area contributed by atoms with Crippen molar-refractivity contribution in [2.75, 3.05) is 0 Å². The lowest BCUT2D eigenvalue weighted by Crippen LogP contribution is -2.15. The zero-order valence-corrected chi connectivity index (χ0v) is 8.45. The maximum absolute atomic E-state index is 12.0. The van der Waals surface area contributed by atoms with Crippen molar-refractivity contribution in [3.05, 3.63) is 11.4 Å². The second-order valence-corrected chi connectivity index (χ2v) is 3.13. The van der Waals surface area contributed by atoms with Crippen molar-refractivity contribution >= 4 is 5.97 Å². The van der Waals surface area contributed by atoms with Crippen LogP contribution in [0.4, 0.5) is 13.2 Å². The van der Waals surface area contributed by atoms with Crippen LogP contribution in [0.25, 0.3) is 0 Å². The number of aromatic nitrogens is 3. The second kappa shape index (κ2) is 4.50. The van der Waals surface area contributed by atoms with Gasteiger partial charge in [-0.25, -0.2) is 9.48 Å². The highest BCUT2D eigenvalue weighted by Gasteiger charge is 2.28. The molecule has 1 aromatic rings. The lowest BCUT2D eigenvalue weighted by Gasteiger charge is -2.07. The Balaban J connectivity index is 2.85. The van der Waals surface area contributed by atoms with Gasteiger partial charge < -0.3 is 5.11 Å². The van der Waals surface area contributed by atoms with Crippen molar-refractivity contribution in [2.45, 2.75) is 32.5 Å². The summed E-state index contributed by atoms with van der Waals surface area (Å²) in [6, 6.07) is 0. The Morgan fingerprint density at radius 3 is 2.56 bits per heavy atom. The van der Waals surface area contributed by atoms with Gasteiger partial charge in [0.05, 0.1) is 18.7 Å². The van der Waals surface area contributed by atoms with Gasteiger partial charge in [0.25, 0.3) is 0 Å². The van der Waals surface area contributed by atoms with Crippen molar-refractivity contribution in [1.29, 1.82) is 0 Å². The number of aryl methyl sites for hydroxylation is 1. The summed E-state index contributed by atoms with van der Waals surface area (Å²) in [5.74, 6) is -1.28. The van der Waals surface area contributed by atoms with Crippen molar-refractivity contribution in [2.24, 2.45) is 0 Å². The number of halogens is 3. The number of carbonyl (C=O) groups is 1. The van der Waals surface area contributed by atoms with Gasteiger partial charge in [0, 0.05) is 0 Å². The van der Waals surface area contributed by atoms with Gasteiger partial charge in [0.15, 0.2) is 5.69 Å². The third kappa shape index (κ3) is 2.94. The molecule has 1 N–H and O–H groups in total. The molecule has 1 heterocycles. The maximum Gasteiger partial charge on any atom is 0.390 e. The molecule has 90 valence electrons. The van der Waals surface area contributed by atoms with Gasteiger partial charge in [-0.2, -0.15) is 13.2 Å². The summed E-state index contributed by atoms with van der Waals surface area (Å²) >= 11 is 0. The minimum atomic E-state index is -4.29. The van der Waals surface area contributed by atoms with E-state index in [1.807, 2.05) is 0 Å². The van der Waals surface area contributed by atoms with Crippen molar-refractivity contribution < 1.29 is 23.1 Å². The van der Waals surface area contributed by atoms with E-state index in [1.165, 1.54) is 0 Å². The molecule has 0 unspecified atom stereocenters. The summed E-state index contributed by atoms with van der Waals surface area (Å²) in [4.78, 5) is 10.7. The van der Waals surface area contributed by atoms with Gasteiger partial charge in [-0.15, -0.1) is 5.10 Å². The number of aromatic carboxylic acids is 1. The third-order valence-electron chi connectivity index (χ3n) is 1.98. The molecule has 5 nitrogen and oxygen atoms in total. The maximum atomic E-state index is 12.0. The van der Waals surface area contributed by atoms with Crippen LogP contribution >= 0.6 is 0 Å². The Hall–Kier alpha value is -1.60. The number of hydrogen-bond acceptors (Lipinski definition) is 3. The zero-order valence-electron chi connectivity index (χ0n) is 8.45. The topological polar surface area (TPSA) is 68.0 Å². The third-order valence-corrected chi connectivity index (χ3v) is 1.98. The number of nitrogens with zero attached hydrogens (tertiary/aromatic N) is 3. The van der Waals surface area contributed by atoms with Crippen molar-refractivity contribution in [3.63, 3.8) is 0 Å². The average Bonchev–Trinajstić information content (AvgIpc) is 2.56. The molecule has 0 aromatic carbocycles. The molecule has 8 heteroatoms. The van der Waals surface area contributed by atoms with E-state index >= 15 is 0 Å². The van der Waals surface area contributed by atoms with Gasteiger partial charge in [-0.3, -0.25) is 0 Å². The lowest BCUT2D eigenvalue weighted by atomic mass is 10.2. The fourth-order valence-electron chi connectivity index (χ4n) is 1.26. The van der Waals surface area contributed by atoms with Gasteiger partial charge in [0.2, 0.25) is 0 Å². The SMILES string of the molecule is CCc1c(C(=O)O)nnn1CCC(F)(F)F. The molecular weight excluding hydrogens is 227 g/mol. The quantitative estimate of drug-likeness (QED) is 0.861. The molecule has 0 aliphatic heterocycles. The summed E-state index contributed by atoms with van der Waals surface area (Å²) in [6.45, 7) is 1.22. The fraction of sp³-hybridized carbons (Fsp3) is 0.625. The Labute approximate surface area is 88.9 Å². The molecule has 0 aliphatic carbocycles. The Kier molecular flexibility index (Phi) is 3.51. The summed E-state index contributed by atoms with van der Waals surface area (Å²) in [7, 11) is 0. The number of carboxylic acid groups (broad SMARTS) is 1. The van der Waals surface area contributed by atoms with Crippen LogP contribution in [0, 0.1) is 0 Å². The first kappa shape index (κ1) is 12.5. The highest BCUT2D eigenvalue weighted by atomic mass is 19.4. The fourth-order valence-corrected chi connectivity index (χ4v) is 1.26. The van der Waals surface area contributed by atoms with Gasteiger partial charge in [-0.05, 0) is 6.42 Å². The predicted molar refractivity (Wildman–Crippen MR) is 47.0 cm³/mol. The van der Waals surface area contributed by atoms with E-state index in [0.29, 0.717) is 0 Å². The largest absolute Gasteiger partial charge is 0.476 e. The van der Waals surface area contributed by atoms with Gasteiger partial charge >= 0.3 is 12.1 Å². The van der Waals surface area contributed by atoms with Crippen LogP contribution in [0.1, 0.15) is 29.5 Å². The highest BCUT2D eigenvalue weighted by Crippen LogP contribution is 2.20. The van der Waals surface area contributed by atoms with Crippen LogP contribution in [-0.4, -0.2) is 32.2 Å². The van der Waals surface area contributed by atoms with E-state index in [1.54, 1.807) is 6.92 Å². The Morgan fingerprint density at radius 1 is 1.50 bits per heavy atom. The molecule has 0 fully saturated rings. The number of hydrogen-bond donors (Lipinski definition) is 1. The number of alkyl halides is 3. The first-order valence-corrected chi connectivity index (χ1v) is 4.57. The standard InChI is InChI=1S/C8H10F3N3O2/c1-2-5-6(7(15)16)12-13-14(5)4-3-8(9,10)11/h2-4H2,1H3,(H,15,16). The van der Waals surface area contributed by atoms with E-state index in [-0.39, 0.29) is 17.8 Å². The molecule has 0 saturated carbocycles. The average molecular weight is 237 g/mol. The first-order chi connectivity index (χ1) is 7.35. The lowest BCUT2D eigenvalue weighted by molar-refractivity contribution is -0.137. The summed E-state index contributed by atoms with van der Waals surface area (Å²) in [6.07, 6.45) is -5.07. The predicted octanol–water partition coefficient (Wildman–Crippen LogP) is 1.49. The van der Waals surface area contributed by atoms with Crippen LogP contribution in [0.3, 0.4) is 0 Å². The van der Waals surface area contributed by atoms with Crippen LogP contribution in [0.2, 0.25) is 0 Å². The van der Waals surface area contributed by atoms with E-state index in [9.17, 15) is 18.0 Å². The van der Waals surface area contributed by atoms with E-state index in [2.05, 4.69) is 10.3 Å². The minimum absolute atomic E-state index is 0.205. The normalized spacial score (nSPS) is 11.8. The molecule has 0 radical (unpaired) electrons. The van der Waals surface area contributed by atoms with Crippen molar-refractivity contribution in [3.8, 4) is 0 Å². The first-order valence-electron chi connectivity index (χ1n) is 4.57. The second-order valence-electron chi connectivity index (χ2n) is 3.13. The molecule has 16 heavy (non-hydrogen) atoms. The van der Waals surface area contributed by atoms with Crippen LogP contribution in [0.15, 0.2) is 0 Å². The van der Waals surface area contributed by atoms with Crippen LogP contribution < -0.4 is 0 Å². The molecule has 0 amide bonds. The zero-order chi connectivity index (χ0) is 12.3. The van der Waals surface area contributed by atoms with Crippen LogP contribution in [0.5, 0.6) is 0 Å². The summed E-state index contributed by atoms with van der Waals surface area (Å²) < 4.78 is 36.9. The van der Waals surface area contributed by atoms with E-state index in [4.69, 9.17) is 5.11 Å².